The molecule has 0 saturated carbocycles. The van der Waals surface area contributed by atoms with Crippen molar-refractivity contribution < 1.29 is 9.63 Å². The lowest BCUT2D eigenvalue weighted by atomic mass is 10.6. The number of hydrogen-bond acceptors (Lipinski definition) is 3. The third-order valence-electron chi connectivity index (χ3n) is 0.854. The number of aryl methyl sites for hydroxylation is 1. The van der Waals surface area contributed by atoms with Gasteiger partial charge in [0.1, 0.15) is 6.33 Å². The van der Waals surface area contributed by atoms with Gasteiger partial charge >= 0.3 is 6.47 Å². The highest BCUT2D eigenvalue weighted by Crippen LogP contribution is 1.88. The summed E-state index contributed by atoms with van der Waals surface area (Å²) in [6, 6.07) is 0. The van der Waals surface area contributed by atoms with Crippen molar-refractivity contribution in [3.05, 3.63) is 18.2 Å². The van der Waals surface area contributed by atoms with Crippen molar-refractivity contribution >= 4 is 6.47 Å². The number of carbonyl (C=O) groups excluding carboxylic acids is 1. The molecule has 48 valence electrons. The molecule has 0 N–H and O–H groups in total. The molecule has 0 saturated heterocycles. The van der Waals surface area contributed by atoms with Crippen LogP contribution in [0.4, 0.5) is 0 Å². The highest BCUT2D eigenvalue weighted by Gasteiger charge is 1.89. The van der Waals surface area contributed by atoms with E-state index in [0.29, 0.717) is 6.47 Å². The van der Waals surface area contributed by atoms with Crippen molar-refractivity contribution in [1.29, 1.82) is 0 Å². The van der Waals surface area contributed by atoms with Crippen LogP contribution in [-0.4, -0.2) is 16.2 Å². The molecule has 0 atom stereocenters. The van der Waals surface area contributed by atoms with E-state index in [0.717, 1.165) is 5.69 Å². The lowest BCUT2D eigenvalue weighted by Crippen LogP contribution is -2.05. The topological polar surface area (TPSA) is 44.1 Å². The monoisotopic (exact) mass is 126 g/mol. The first kappa shape index (κ1) is 5.81. The predicted octanol–water partition coefficient (Wildman–Crippen LogP) is -0.223. The van der Waals surface area contributed by atoms with E-state index in [1.807, 2.05) is 6.92 Å². The summed E-state index contributed by atoms with van der Waals surface area (Å²) in [7, 11) is 0. The van der Waals surface area contributed by atoms with Gasteiger partial charge in [-0.3, -0.25) is 4.79 Å². The largest absolute Gasteiger partial charge is 0.339 e. The van der Waals surface area contributed by atoms with Crippen LogP contribution in [0.15, 0.2) is 12.5 Å². The zero-order valence-corrected chi connectivity index (χ0v) is 4.94. The number of rotatable bonds is 2. The van der Waals surface area contributed by atoms with Crippen LogP contribution in [0, 0.1) is 6.92 Å². The summed E-state index contributed by atoms with van der Waals surface area (Å²) in [5.41, 5.74) is 0.817. The molecule has 0 aliphatic rings. The minimum Gasteiger partial charge on any atom is -0.339 e. The van der Waals surface area contributed by atoms with Gasteiger partial charge < -0.3 is 4.84 Å². The molecule has 0 bridgehead atoms. The molecule has 1 rings (SSSR count). The van der Waals surface area contributed by atoms with Crippen LogP contribution < -0.4 is 4.84 Å². The Kier molecular flexibility index (Phi) is 1.48. The Morgan fingerprint density at radius 3 is 3.11 bits per heavy atom. The fourth-order valence-electron chi connectivity index (χ4n) is 0.506. The van der Waals surface area contributed by atoms with Gasteiger partial charge in [0.15, 0.2) is 0 Å². The van der Waals surface area contributed by atoms with Crippen LogP contribution in [0.2, 0.25) is 0 Å². The predicted molar refractivity (Wildman–Crippen MR) is 29.6 cm³/mol. The molecule has 0 amide bonds. The van der Waals surface area contributed by atoms with E-state index in [9.17, 15) is 4.79 Å². The van der Waals surface area contributed by atoms with Crippen molar-refractivity contribution in [2.75, 3.05) is 0 Å². The lowest BCUT2D eigenvalue weighted by molar-refractivity contribution is -0.129. The zero-order valence-electron chi connectivity index (χ0n) is 4.94. The van der Waals surface area contributed by atoms with Crippen LogP contribution in [0.1, 0.15) is 5.69 Å². The molecule has 4 nitrogen and oxygen atoms in total. The molecule has 0 unspecified atom stereocenters. The molecule has 0 spiro atoms. The second kappa shape index (κ2) is 2.30. The van der Waals surface area contributed by atoms with Crippen LogP contribution in [-0.2, 0) is 4.79 Å². The summed E-state index contributed by atoms with van der Waals surface area (Å²) < 4.78 is 1.24. The molecular formula is C5H6N2O2. The van der Waals surface area contributed by atoms with E-state index in [-0.39, 0.29) is 0 Å². The smallest absolute Gasteiger partial charge is 0.321 e. The van der Waals surface area contributed by atoms with Gasteiger partial charge in [0, 0.05) is 0 Å². The van der Waals surface area contributed by atoms with Gasteiger partial charge in [-0.2, -0.15) is 4.73 Å². The van der Waals surface area contributed by atoms with Crippen LogP contribution in [0.3, 0.4) is 0 Å². The standard InChI is InChI=1S/C5H6N2O2/c1-5-2-7(3-6-5)9-4-8/h2-4H,1H3. The van der Waals surface area contributed by atoms with Gasteiger partial charge in [0.25, 0.3) is 0 Å². The number of carbonyl (C=O) groups is 1. The minimum atomic E-state index is 0.348. The average Bonchev–Trinajstić information content (AvgIpc) is 2.17. The molecule has 0 aliphatic heterocycles. The molecule has 4 heteroatoms. The summed E-state index contributed by atoms with van der Waals surface area (Å²) >= 11 is 0. The molecule has 9 heavy (non-hydrogen) atoms. The van der Waals surface area contributed by atoms with E-state index in [1.165, 1.54) is 11.1 Å². The van der Waals surface area contributed by atoms with Crippen molar-refractivity contribution in [3.63, 3.8) is 0 Å². The molecule has 0 radical (unpaired) electrons. The SMILES string of the molecule is Cc1cn(OC=O)cn1. The van der Waals surface area contributed by atoms with Crippen molar-refractivity contribution in [2.24, 2.45) is 0 Å². The van der Waals surface area contributed by atoms with Gasteiger partial charge in [-0.25, -0.2) is 4.98 Å². The Morgan fingerprint density at radius 1 is 1.89 bits per heavy atom. The van der Waals surface area contributed by atoms with Gasteiger partial charge in [-0.1, -0.05) is 0 Å². The quantitative estimate of drug-likeness (QED) is 0.514. The van der Waals surface area contributed by atoms with E-state index >= 15 is 0 Å². The van der Waals surface area contributed by atoms with E-state index in [1.54, 1.807) is 6.20 Å². The van der Waals surface area contributed by atoms with Crippen LogP contribution in [0.25, 0.3) is 0 Å². The van der Waals surface area contributed by atoms with E-state index < -0.39 is 0 Å². The summed E-state index contributed by atoms with van der Waals surface area (Å²) in [4.78, 5) is 17.9. The Bertz CT molecular complexity index is 206. The summed E-state index contributed by atoms with van der Waals surface area (Å²) in [5, 5.41) is 0. The number of nitrogens with zero attached hydrogens (tertiary/aromatic N) is 2. The normalized spacial score (nSPS) is 9.00. The van der Waals surface area contributed by atoms with E-state index in [2.05, 4.69) is 9.82 Å². The average molecular weight is 126 g/mol. The fourth-order valence-corrected chi connectivity index (χ4v) is 0.506. The second-order valence-corrected chi connectivity index (χ2v) is 1.58. The fraction of sp³-hybridized carbons (Fsp3) is 0.200. The molecule has 1 aromatic rings. The summed E-state index contributed by atoms with van der Waals surface area (Å²) in [6.07, 6.45) is 3.03. The first-order valence-corrected chi connectivity index (χ1v) is 2.44. The van der Waals surface area contributed by atoms with Crippen LogP contribution >= 0.6 is 0 Å². The maximum atomic E-state index is 9.71. The number of imidazole rings is 1. The lowest BCUT2D eigenvalue weighted by Gasteiger charge is -1.90. The highest BCUT2D eigenvalue weighted by atomic mass is 16.7. The van der Waals surface area contributed by atoms with Crippen LogP contribution in [0.5, 0.6) is 0 Å². The molecule has 1 aromatic heterocycles. The second-order valence-electron chi connectivity index (χ2n) is 1.58. The number of hydrogen-bond donors (Lipinski definition) is 0. The van der Waals surface area contributed by atoms with Gasteiger partial charge in [0.05, 0.1) is 11.9 Å². The van der Waals surface area contributed by atoms with Gasteiger partial charge in [0.2, 0.25) is 0 Å². The molecule has 0 aliphatic carbocycles. The van der Waals surface area contributed by atoms with Crippen molar-refractivity contribution in [3.8, 4) is 0 Å². The Labute approximate surface area is 52.0 Å². The summed E-state index contributed by atoms with van der Waals surface area (Å²) in [5.74, 6) is 0. The Hall–Kier alpha value is -1.32. The maximum absolute atomic E-state index is 9.71. The molecule has 0 fully saturated rings. The molecule has 0 aromatic carbocycles. The molecule has 1 heterocycles. The number of aromatic nitrogens is 2. The van der Waals surface area contributed by atoms with Gasteiger partial charge in [-0.15, -0.1) is 0 Å². The highest BCUT2D eigenvalue weighted by molar-refractivity contribution is 5.37. The maximum Gasteiger partial charge on any atom is 0.321 e. The molecular weight excluding hydrogens is 120 g/mol. The third kappa shape index (κ3) is 1.28. The van der Waals surface area contributed by atoms with Gasteiger partial charge in [-0.05, 0) is 6.92 Å². The Morgan fingerprint density at radius 2 is 2.67 bits per heavy atom. The first-order valence-electron chi connectivity index (χ1n) is 2.44. The van der Waals surface area contributed by atoms with E-state index in [4.69, 9.17) is 0 Å². The third-order valence-corrected chi connectivity index (χ3v) is 0.854. The summed E-state index contributed by atoms with van der Waals surface area (Å²) in [6.45, 7) is 2.16. The minimum absolute atomic E-state index is 0.348. The zero-order chi connectivity index (χ0) is 6.69. The van der Waals surface area contributed by atoms with Crippen molar-refractivity contribution in [2.45, 2.75) is 6.92 Å². The Balaban J connectivity index is 2.72. The first-order chi connectivity index (χ1) is 4.33. The van der Waals surface area contributed by atoms with Crippen molar-refractivity contribution in [1.82, 2.24) is 9.71 Å².